The summed E-state index contributed by atoms with van der Waals surface area (Å²) in [5.41, 5.74) is -0.145. The normalized spacial score (nSPS) is 20.7. The first-order chi connectivity index (χ1) is 8.51. The van der Waals surface area contributed by atoms with E-state index in [1.165, 1.54) is 6.07 Å². The van der Waals surface area contributed by atoms with Crippen molar-refractivity contribution >= 4 is 15.9 Å². The van der Waals surface area contributed by atoms with Crippen molar-refractivity contribution in [2.24, 2.45) is 0 Å². The number of hydrogen-bond acceptors (Lipinski definition) is 2. The Kier molecular flexibility index (Phi) is 4.41. The van der Waals surface area contributed by atoms with E-state index in [1.54, 1.807) is 12.1 Å². The van der Waals surface area contributed by atoms with Gasteiger partial charge >= 0.3 is 0 Å². The molecule has 1 aromatic rings. The van der Waals surface area contributed by atoms with Crippen molar-refractivity contribution in [3.8, 4) is 0 Å². The number of rotatable bonds is 3. The maximum Gasteiger partial charge on any atom is 0.137 e. The van der Waals surface area contributed by atoms with Crippen LogP contribution in [0.1, 0.15) is 37.7 Å². The van der Waals surface area contributed by atoms with Crippen LogP contribution in [0.3, 0.4) is 0 Å². The molecule has 0 bridgehead atoms. The van der Waals surface area contributed by atoms with Crippen molar-refractivity contribution in [1.29, 1.82) is 0 Å². The van der Waals surface area contributed by atoms with Crippen molar-refractivity contribution in [1.82, 2.24) is 0 Å². The van der Waals surface area contributed by atoms with Crippen LogP contribution >= 0.6 is 15.9 Å². The summed E-state index contributed by atoms with van der Waals surface area (Å²) in [6, 6.07) is 4.68. The van der Waals surface area contributed by atoms with Crippen LogP contribution in [0, 0.1) is 5.82 Å². The van der Waals surface area contributed by atoms with Crippen LogP contribution in [0.25, 0.3) is 0 Å². The zero-order valence-corrected chi connectivity index (χ0v) is 11.8. The summed E-state index contributed by atoms with van der Waals surface area (Å²) < 4.78 is 13.5. The predicted molar refractivity (Wildman–Crippen MR) is 71.8 cm³/mol. The lowest BCUT2D eigenvalue weighted by atomic mass is 9.79. The molecule has 2 rings (SSSR count). The molecule has 4 heteroatoms. The Morgan fingerprint density at radius 3 is 2.56 bits per heavy atom. The van der Waals surface area contributed by atoms with E-state index in [9.17, 15) is 14.6 Å². The van der Waals surface area contributed by atoms with Crippen molar-refractivity contribution in [3.63, 3.8) is 0 Å². The molecule has 100 valence electrons. The van der Waals surface area contributed by atoms with Gasteiger partial charge in [-0.15, -0.1) is 0 Å². The second-order valence-corrected chi connectivity index (χ2v) is 5.99. The SMILES string of the molecule is OC(Cc1ccc(F)c(Br)c1)C1(O)CCCCC1. The van der Waals surface area contributed by atoms with E-state index in [0.29, 0.717) is 23.7 Å². The van der Waals surface area contributed by atoms with Crippen molar-refractivity contribution < 1.29 is 14.6 Å². The Morgan fingerprint density at radius 2 is 1.94 bits per heavy atom. The van der Waals surface area contributed by atoms with Gasteiger partial charge in [0, 0.05) is 6.42 Å². The van der Waals surface area contributed by atoms with E-state index in [-0.39, 0.29) is 5.82 Å². The Bertz CT molecular complexity index is 416. The summed E-state index contributed by atoms with van der Waals surface area (Å²) in [6.45, 7) is 0. The van der Waals surface area contributed by atoms with E-state index in [1.807, 2.05) is 0 Å². The minimum Gasteiger partial charge on any atom is -0.390 e. The van der Waals surface area contributed by atoms with Crippen molar-refractivity contribution in [2.75, 3.05) is 0 Å². The monoisotopic (exact) mass is 316 g/mol. The molecule has 2 N–H and O–H groups in total. The summed E-state index contributed by atoms with van der Waals surface area (Å²) in [7, 11) is 0. The molecule has 0 saturated heterocycles. The second kappa shape index (κ2) is 5.68. The fourth-order valence-electron chi connectivity index (χ4n) is 2.58. The minimum atomic E-state index is -0.973. The maximum absolute atomic E-state index is 13.1. The molecular formula is C14H18BrFO2. The van der Waals surface area contributed by atoms with E-state index in [2.05, 4.69) is 15.9 Å². The van der Waals surface area contributed by atoms with Crippen LogP contribution in [0.2, 0.25) is 0 Å². The van der Waals surface area contributed by atoms with Gasteiger partial charge in [0.15, 0.2) is 0 Å². The van der Waals surface area contributed by atoms with Gasteiger partial charge in [0.05, 0.1) is 16.2 Å². The highest BCUT2D eigenvalue weighted by molar-refractivity contribution is 9.10. The molecule has 0 aliphatic heterocycles. The van der Waals surface area contributed by atoms with Gasteiger partial charge in [-0.2, -0.15) is 0 Å². The average Bonchev–Trinajstić information content (AvgIpc) is 2.35. The third-order valence-electron chi connectivity index (χ3n) is 3.75. The lowest BCUT2D eigenvalue weighted by Crippen LogP contribution is -2.45. The molecule has 1 aliphatic carbocycles. The summed E-state index contributed by atoms with van der Waals surface area (Å²) in [4.78, 5) is 0. The van der Waals surface area contributed by atoms with Gasteiger partial charge in [-0.3, -0.25) is 0 Å². The molecule has 0 heterocycles. The minimum absolute atomic E-state index is 0.315. The summed E-state index contributed by atoms with van der Waals surface area (Å²) in [6.07, 6.45) is 3.91. The molecule has 1 aromatic carbocycles. The number of hydrogen-bond donors (Lipinski definition) is 2. The fraction of sp³-hybridized carbons (Fsp3) is 0.571. The zero-order chi connectivity index (χ0) is 13.2. The molecule has 1 fully saturated rings. The molecule has 1 saturated carbocycles. The maximum atomic E-state index is 13.1. The van der Waals surface area contributed by atoms with Crippen molar-refractivity contribution in [2.45, 2.75) is 50.2 Å². The quantitative estimate of drug-likeness (QED) is 0.899. The van der Waals surface area contributed by atoms with Crippen LogP contribution in [0.15, 0.2) is 22.7 Å². The topological polar surface area (TPSA) is 40.5 Å². The van der Waals surface area contributed by atoms with E-state index < -0.39 is 11.7 Å². The van der Waals surface area contributed by atoms with Gasteiger partial charge in [-0.1, -0.05) is 25.3 Å². The van der Waals surface area contributed by atoms with E-state index >= 15 is 0 Å². The Labute approximate surface area is 115 Å². The van der Waals surface area contributed by atoms with Gasteiger partial charge in [0.2, 0.25) is 0 Å². The van der Waals surface area contributed by atoms with Crippen LogP contribution in [-0.2, 0) is 6.42 Å². The summed E-state index contributed by atoms with van der Waals surface area (Å²) in [5, 5.41) is 20.6. The van der Waals surface area contributed by atoms with Crippen LogP contribution < -0.4 is 0 Å². The Morgan fingerprint density at radius 1 is 1.28 bits per heavy atom. The van der Waals surface area contributed by atoms with Crippen LogP contribution in [0.5, 0.6) is 0 Å². The van der Waals surface area contributed by atoms with E-state index in [0.717, 1.165) is 24.8 Å². The first-order valence-electron chi connectivity index (χ1n) is 6.36. The molecule has 0 amide bonds. The third-order valence-corrected chi connectivity index (χ3v) is 4.36. The van der Waals surface area contributed by atoms with Crippen molar-refractivity contribution in [3.05, 3.63) is 34.1 Å². The molecule has 0 aromatic heterocycles. The van der Waals surface area contributed by atoms with Gasteiger partial charge in [0.1, 0.15) is 5.82 Å². The van der Waals surface area contributed by atoms with Gasteiger partial charge in [0.25, 0.3) is 0 Å². The lowest BCUT2D eigenvalue weighted by Gasteiger charge is -2.36. The number of aliphatic hydroxyl groups is 2. The first-order valence-corrected chi connectivity index (χ1v) is 7.15. The molecule has 1 aliphatic rings. The molecule has 0 spiro atoms. The molecular weight excluding hydrogens is 299 g/mol. The lowest BCUT2D eigenvalue weighted by molar-refractivity contribution is -0.0960. The Balaban J connectivity index is 2.05. The third kappa shape index (κ3) is 3.11. The average molecular weight is 317 g/mol. The highest BCUT2D eigenvalue weighted by Gasteiger charge is 2.36. The van der Waals surface area contributed by atoms with Gasteiger partial charge in [-0.05, 0) is 46.5 Å². The zero-order valence-electron chi connectivity index (χ0n) is 10.2. The summed E-state index contributed by atoms with van der Waals surface area (Å²) in [5.74, 6) is -0.315. The van der Waals surface area contributed by atoms with Gasteiger partial charge < -0.3 is 10.2 Å². The molecule has 0 radical (unpaired) electrons. The number of aliphatic hydroxyl groups excluding tert-OH is 1. The smallest absolute Gasteiger partial charge is 0.137 e. The fourth-order valence-corrected chi connectivity index (χ4v) is 3.00. The molecule has 1 atom stereocenters. The second-order valence-electron chi connectivity index (χ2n) is 5.13. The first kappa shape index (κ1) is 14.0. The molecule has 1 unspecified atom stereocenters. The number of benzene rings is 1. The van der Waals surface area contributed by atoms with E-state index in [4.69, 9.17) is 0 Å². The summed E-state index contributed by atoms with van der Waals surface area (Å²) >= 11 is 3.13. The Hall–Kier alpha value is -0.450. The number of halogens is 2. The van der Waals surface area contributed by atoms with Gasteiger partial charge in [-0.25, -0.2) is 4.39 Å². The predicted octanol–water partition coefficient (Wildman–Crippen LogP) is 3.19. The highest BCUT2D eigenvalue weighted by Crippen LogP contribution is 2.32. The van der Waals surface area contributed by atoms with Crippen LogP contribution in [-0.4, -0.2) is 21.9 Å². The molecule has 2 nitrogen and oxygen atoms in total. The highest BCUT2D eigenvalue weighted by atomic mass is 79.9. The molecule has 18 heavy (non-hydrogen) atoms. The standard InChI is InChI=1S/C14H18BrFO2/c15-11-8-10(4-5-12(11)16)9-13(17)14(18)6-2-1-3-7-14/h4-5,8,13,17-18H,1-3,6-7,9H2. The van der Waals surface area contributed by atoms with Crippen LogP contribution in [0.4, 0.5) is 4.39 Å². The largest absolute Gasteiger partial charge is 0.390 e.